The van der Waals surface area contributed by atoms with Crippen LogP contribution in [-0.2, 0) is 5.54 Å². The van der Waals surface area contributed by atoms with E-state index in [0.717, 1.165) is 45.7 Å². The number of fused-ring (bicyclic) bond motifs is 1. The maximum atomic E-state index is 13.5. The van der Waals surface area contributed by atoms with Gasteiger partial charge >= 0.3 is 0 Å². The first kappa shape index (κ1) is 25.0. The molecule has 0 atom stereocenters. The van der Waals surface area contributed by atoms with Crippen molar-refractivity contribution in [2.24, 2.45) is 0 Å². The van der Waals surface area contributed by atoms with Crippen LogP contribution in [0.5, 0.6) is 5.75 Å². The monoisotopic (exact) mass is 540 g/mol. The summed E-state index contributed by atoms with van der Waals surface area (Å²) in [7, 11) is 1.55. The van der Waals surface area contributed by atoms with Crippen LogP contribution in [0.3, 0.4) is 0 Å². The van der Waals surface area contributed by atoms with Crippen LogP contribution >= 0.6 is 11.3 Å². The third-order valence-electron chi connectivity index (χ3n) is 7.19. The van der Waals surface area contributed by atoms with E-state index < -0.39 is 5.54 Å². The number of rotatable bonds is 7. The van der Waals surface area contributed by atoms with Crippen LogP contribution in [0.1, 0.15) is 49.0 Å². The number of aldehydes is 1. The molecule has 1 N–H and O–H groups in total. The summed E-state index contributed by atoms with van der Waals surface area (Å²) in [4.78, 5) is 31.3. The molecule has 0 aliphatic heterocycles. The highest BCUT2D eigenvalue weighted by atomic mass is 32.1. The van der Waals surface area contributed by atoms with Crippen LogP contribution in [0.25, 0.3) is 33.4 Å². The van der Waals surface area contributed by atoms with Gasteiger partial charge in [-0.3, -0.25) is 9.59 Å². The summed E-state index contributed by atoms with van der Waals surface area (Å²) in [5.41, 5.74) is 4.09. The lowest BCUT2D eigenvalue weighted by Gasteiger charge is -2.18. The third-order valence-corrected chi connectivity index (χ3v) is 8.30. The molecule has 0 radical (unpaired) electrons. The lowest BCUT2D eigenvalue weighted by molar-refractivity contribution is 0.0927. The molecule has 1 fully saturated rings. The minimum absolute atomic E-state index is 0.227. The SMILES string of the molecule is COc1cc(C)c(-c2ccc3oc(-c4ccc(F)cc4)c(C=O)c3c2)cc1C(=O)NC1(c2ncc(C)s2)CC1. The van der Waals surface area contributed by atoms with Gasteiger partial charge in [-0.2, -0.15) is 0 Å². The van der Waals surface area contributed by atoms with Gasteiger partial charge in [-0.05, 0) is 91.9 Å². The molecule has 0 unspecified atom stereocenters. The van der Waals surface area contributed by atoms with Crippen LogP contribution in [0, 0.1) is 19.7 Å². The Kier molecular flexibility index (Phi) is 6.07. The van der Waals surface area contributed by atoms with Crippen LogP contribution < -0.4 is 10.1 Å². The van der Waals surface area contributed by atoms with Gasteiger partial charge in [0.05, 0.1) is 23.8 Å². The Morgan fingerprint density at radius 3 is 2.49 bits per heavy atom. The van der Waals surface area contributed by atoms with Gasteiger partial charge in [0.15, 0.2) is 6.29 Å². The number of halogens is 1. The Morgan fingerprint density at radius 2 is 1.85 bits per heavy atom. The molecule has 2 heterocycles. The summed E-state index contributed by atoms with van der Waals surface area (Å²) in [6.07, 6.45) is 4.27. The molecular weight excluding hydrogens is 515 g/mol. The number of nitrogens with zero attached hydrogens (tertiary/aromatic N) is 1. The molecule has 1 aliphatic carbocycles. The van der Waals surface area contributed by atoms with Gasteiger partial charge in [0.25, 0.3) is 5.91 Å². The molecule has 0 saturated heterocycles. The molecular formula is C31H25FN2O4S. The van der Waals surface area contributed by atoms with Gasteiger partial charge in [-0.1, -0.05) is 6.07 Å². The molecule has 196 valence electrons. The molecule has 6 nitrogen and oxygen atoms in total. The maximum Gasteiger partial charge on any atom is 0.255 e. The molecule has 0 bridgehead atoms. The zero-order chi connectivity index (χ0) is 27.3. The smallest absolute Gasteiger partial charge is 0.255 e. The number of nitrogens with one attached hydrogen (secondary N) is 1. The number of hydrogen-bond donors (Lipinski definition) is 1. The van der Waals surface area contributed by atoms with Crippen molar-refractivity contribution < 1.29 is 23.1 Å². The topological polar surface area (TPSA) is 81.4 Å². The summed E-state index contributed by atoms with van der Waals surface area (Å²) in [6.45, 7) is 3.95. The number of aryl methyl sites for hydroxylation is 2. The average molecular weight is 541 g/mol. The van der Waals surface area contributed by atoms with E-state index in [1.807, 2.05) is 44.3 Å². The molecule has 8 heteroatoms. The van der Waals surface area contributed by atoms with Crippen molar-refractivity contribution in [2.45, 2.75) is 32.2 Å². The first-order valence-electron chi connectivity index (χ1n) is 12.5. The zero-order valence-corrected chi connectivity index (χ0v) is 22.4. The number of hydrogen-bond acceptors (Lipinski definition) is 6. The van der Waals surface area contributed by atoms with E-state index in [0.29, 0.717) is 39.2 Å². The van der Waals surface area contributed by atoms with Crippen molar-refractivity contribution in [3.8, 4) is 28.2 Å². The minimum atomic E-state index is -0.433. The molecule has 2 aromatic heterocycles. The maximum absolute atomic E-state index is 13.5. The predicted molar refractivity (Wildman–Crippen MR) is 149 cm³/mol. The van der Waals surface area contributed by atoms with Crippen molar-refractivity contribution in [2.75, 3.05) is 7.11 Å². The normalized spacial score (nSPS) is 13.8. The van der Waals surface area contributed by atoms with Crippen LogP contribution in [0.15, 0.2) is 65.2 Å². The fourth-order valence-corrected chi connectivity index (χ4v) is 5.90. The van der Waals surface area contributed by atoms with Gasteiger partial charge in [0.2, 0.25) is 0 Å². The first-order chi connectivity index (χ1) is 18.8. The van der Waals surface area contributed by atoms with Crippen LogP contribution in [0.2, 0.25) is 0 Å². The highest BCUT2D eigenvalue weighted by Gasteiger charge is 2.48. The molecule has 3 aromatic carbocycles. The third kappa shape index (κ3) is 4.40. The largest absolute Gasteiger partial charge is 0.496 e. The standard InChI is InChI=1S/C31H25FN2O4S/c1-17-12-27(37-3)24(29(36)34-31(10-11-31)30-33-15-18(2)39-30)14-22(17)20-6-9-26-23(13-20)25(16-35)28(38-26)19-4-7-21(32)8-5-19/h4-9,12-16H,10-11H2,1-3H3,(H,34,36). The van der Waals surface area contributed by atoms with E-state index in [1.165, 1.54) is 12.1 Å². The Bertz CT molecular complexity index is 1750. The van der Waals surface area contributed by atoms with E-state index >= 15 is 0 Å². The predicted octanol–water partition coefficient (Wildman–Crippen LogP) is 7.22. The number of methoxy groups -OCH3 is 1. The number of carbonyl (C=O) groups excluding carboxylic acids is 2. The van der Waals surface area contributed by atoms with Crippen molar-refractivity contribution in [1.29, 1.82) is 0 Å². The van der Waals surface area contributed by atoms with Crippen molar-refractivity contribution in [1.82, 2.24) is 10.3 Å². The number of thiazole rings is 1. The highest BCUT2D eigenvalue weighted by molar-refractivity contribution is 7.11. The molecule has 39 heavy (non-hydrogen) atoms. The lowest BCUT2D eigenvalue weighted by Crippen LogP contribution is -2.35. The second kappa shape index (κ2) is 9.47. The van der Waals surface area contributed by atoms with Gasteiger partial charge in [0.1, 0.15) is 27.9 Å². The first-order valence-corrected chi connectivity index (χ1v) is 13.4. The Morgan fingerprint density at radius 1 is 1.10 bits per heavy atom. The number of amides is 1. The molecule has 0 spiro atoms. The molecule has 1 aliphatic rings. The van der Waals surface area contributed by atoms with E-state index in [-0.39, 0.29) is 11.7 Å². The van der Waals surface area contributed by atoms with E-state index in [2.05, 4.69) is 10.3 Å². The summed E-state index contributed by atoms with van der Waals surface area (Å²) in [5.74, 6) is 0.274. The fraction of sp³-hybridized carbons (Fsp3) is 0.194. The number of aromatic nitrogens is 1. The average Bonchev–Trinajstić information content (AvgIpc) is 3.41. The minimum Gasteiger partial charge on any atom is -0.496 e. The fourth-order valence-electron chi connectivity index (χ4n) is 4.93. The summed E-state index contributed by atoms with van der Waals surface area (Å²) in [6, 6.07) is 15.1. The second-order valence-corrected chi connectivity index (χ2v) is 11.1. The van der Waals surface area contributed by atoms with Gasteiger partial charge in [-0.25, -0.2) is 9.37 Å². The Balaban J connectivity index is 1.40. The summed E-state index contributed by atoms with van der Waals surface area (Å²) >= 11 is 1.60. The number of ether oxygens (including phenoxy) is 1. The number of furan rings is 1. The van der Waals surface area contributed by atoms with Crippen LogP contribution in [-0.4, -0.2) is 24.3 Å². The van der Waals surface area contributed by atoms with E-state index in [9.17, 15) is 14.0 Å². The number of benzene rings is 3. The highest BCUT2D eigenvalue weighted by Crippen LogP contribution is 2.47. The van der Waals surface area contributed by atoms with E-state index in [1.54, 1.807) is 36.6 Å². The molecule has 6 rings (SSSR count). The van der Waals surface area contributed by atoms with Gasteiger partial charge in [-0.15, -0.1) is 11.3 Å². The summed E-state index contributed by atoms with van der Waals surface area (Å²) < 4.78 is 25.0. The molecule has 5 aromatic rings. The second-order valence-electron chi connectivity index (χ2n) is 9.86. The molecule has 1 saturated carbocycles. The Labute approximate surface area is 228 Å². The summed E-state index contributed by atoms with van der Waals surface area (Å²) in [5, 5.41) is 4.76. The van der Waals surface area contributed by atoms with Gasteiger partial charge in [0, 0.05) is 22.0 Å². The zero-order valence-electron chi connectivity index (χ0n) is 21.6. The van der Waals surface area contributed by atoms with E-state index in [4.69, 9.17) is 9.15 Å². The number of carbonyl (C=O) groups is 2. The molecule has 1 amide bonds. The van der Waals surface area contributed by atoms with Crippen LogP contribution in [0.4, 0.5) is 4.39 Å². The quantitative estimate of drug-likeness (QED) is 0.221. The van der Waals surface area contributed by atoms with Crippen molar-refractivity contribution >= 4 is 34.5 Å². The van der Waals surface area contributed by atoms with Crippen molar-refractivity contribution in [3.05, 3.63) is 93.2 Å². The Hall–Kier alpha value is -4.30. The van der Waals surface area contributed by atoms with Crippen molar-refractivity contribution in [3.63, 3.8) is 0 Å². The van der Waals surface area contributed by atoms with Gasteiger partial charge < -0.3 is 14.5 Å². The lowest BCUT2D eigenvalue weighted by atomic mass is 9.95.